The van der Waals surface area contributed by atoms with Gasteiger partial charge in [0.1, 0.15) is 0 Å². The third-order valence-corrected chi connectivity index (χ3v) is 19.3. The number of rotatable bonds is 69. The van der Waals surface area contributed by atoms with Crippen molar-refractivity contribution < 1.29 is 58.1 Å². The van der Waals surface area contributed by atoms with Gasteiger partial charge in [-0.15, -0.1) is 0 Å². The second-order valence-electron chi connectivity index (χ2n) is 28.0. The van der Waals surface area contributed by atoms with Crippen LogP contribution in [0.25, 0.3) is 32.3 Å². The maximum atomic E-state index is 11.0. The molecule has 4 aromatic carbocycles. The van der Waals surface area contributed by atoms with Crippen molar-refractivity contribution in [3.8, 4) is 34.5 Å². The monoisotopic (exact) mass is 1340 g/mol. The highest BCUT2D eigenvalue weighted by Crippen LogP contribution is 2.47. The highest BCUT2D eigenvalue weighted by atomic mass is 16.5. The van der Waals surface area contributed by atoms with Crippen LogP contribution in [-0.4, -0.2) is 72.9 Å². The summed E-state index contributed by atoms with van der Waals surface area (Å²) in [6, 6.07) is 13.4. The van der Waals surface area contributed by atoms with Gasteiger partial charge in [0.25, 0.3) is 0 Å². The predicted molar refractivity (Wildman–Crippen MR) is 401 cm³/mol. The van der Waals surface area contributed by atoms with E-state index in [-0.39, 0.29) is 19.3 Å². The lowest BCUT2D eigenvalue weighted by Crippen LogP contribution is -2.05. The van der Waals surface area contributed by atoms with E-state index in [1.54, 1.807) is 0 Å². The molecule has 0 amide bonds. The molecule has 0 heterocycles. The fourth-order valence-corrected chi connectivity index (χ4v) is 13.3. The SMILES string of the molecule is CCCCCCCCCCCOc1cc2c3cc(OCCCCCCCCCCC)c(OCCCCCCCCCCC(=O)O)cc3c3cc(OCCCCCCCCCCC(=O)O)c(OCCCCCCCCCCC)cc3c2cc1OCCCCCCCCCCC(=O)O. The molecule has 0 bridgehead atoms. The van der Waals surface area contributed by atoms with E-state index < -0.39 is 17.9 Å². The van der Waals surface area contributed by atoms with E-state index >= 15 is 0 Å². The fraction of sp³-hybridized carbons (Fsp3) is 0.750. The van der Waals surface area contributed by atoms with Crippen LogP contribution in [0.15, 0.2) is 36.4 Å². The van der Waals surface area contributed by atoms with Crippen molar-refractivity contribution in [2.75, 3.05) is 39.6 Å². The zero-order valence-electron chi connectivity index (χ0n) is 61.4. The molecule has 0 unspecified atom stereocenters. The summed E-state index contributed by atoms with van der Waals surface area (Å²) in [5.41, 5.74) is 0. The lowest BCUT2D eigenvalue weighted by atomic mass is 9.93. The molecule has 0 saturated heterocycles. The molecule has 0 aliphatic heterocycles. The first-order valence-corrected chi connectivity index (χ1v) is 40.1. The Morgan fingerprint density at radius 3 is 0.469 bits per heavy atom. The maximum Gasteiger partial charge on any atom is 0.303 e. The van der Waals surface area contributed by atoms with Crippen molar-refractivity contribution in [1.82, 2.24) is 0 Å². The molecule has 0 atom stereocenters. The smallest absolute Gasteiger partial charge is 0.303 e. The van der Waals surface area contributed by atoms with Gasteiger partial charge < -0.3 is 43.7 Å². The number of carboxylic acids is 3. The van der Waals surface area contributed by atoms with Crippen molar-refractivity contribution in [2.45, 2.75) is 367 Å². The molecule has 0 aromatic heterocycles. The Hall–Kier alpha value is -5.13. The quantitative estimate of drug-likeness (QED) is 0.0283. The molecule has 0 aliphatic carbocycles. The average Bonchev–Trinajstić information content (AvgIpc) is 0.729. The Morgan fingerprint density at radius 1 is 0.208 bits per heavy atom. The summed E-state index contributed by atoms with van der Waals surface area (Å²) < 4.78 is 41.4. The highest BCUT2D eigenvalue weighted by molar-refractivity contribution is 6.27. The number of unbranched alkanes of at least 4 members (excludes halogenated alkanes) is 45. The Labute approximate surface area is 583 Å². The topological polar surface area (TPSA) is 167 Å². The molecule has 0 fully saturated rings. The lowest BCUT2D eigenvalue weighted by Gasteiger charge is -2.21. The van der Waals surface area contributed by atoms with Gasteiger partial charge in [-0.1, -0.05) is 290 Å². The minimum atomic E-state index is -0.709. The predicted octanol–water partition coefficient (Wildman–Crippen LogP) is 25.8. The second-order valence-corrected chi connectivity index (χ2v) is 28.0. The van der Waals surface area contributed by atoms with Crippen LogP contribution in [0.2, 0.25) is 0 Å². The van der Waals surface area contributed by atoms with Gasteiger partial charge in [-0.25, -0.2) is 0 Å². The van der Waals surface area contributed by atoms with Crippen LogP contribution in [0.1, 0.15) is 367 Å². The number of benzene rings is 4. The Bertz CT molecular complexity index is 2610. The number of hydrogen-bond donors (Lipinski definition) is 3. The van der Waals surface area contributed by atoms with Gasteiger partial charge >= 0.3 is 17.9 Å². The van der Waals surface area contributed by atoms with E-state index in [0.29, 0.717) is 39.6 Å². The van der Waals surface area contributed by atoms with Gasteiger partial charge in [-0.3, -0.25) is 14.4 Å². The zero-order valence-corrected chi connectivity index (χ0v) is 61.4. The van der Waals surface area contributed by atoms with E-state index in [9.17, 15) is 14.4 Å². The van der Waals surface area contributed by atoms with Crippen LogP contribution < -0.4 is 28.4 Å². The molecular weight excluding hydrogens is 1200 g/mol. The normalized spacial score (nSPS) is 11.5. The number of ether oxygens (including phenoxy) is 6. The number of hydrogen-bond acceptors (Lipinski definition) is 9. The third-order valence-electron chi connectivity index (χ3n) is 19.3. The van der Waals surface area contributed by atoms with Crippen molar-refractivity contribution in [3.05, 3.63) is 36.4 Å². The largest absolute Gasteiger partial charge is 0.490 e. The summed E-state index contributed by atoms with van der Waals surface area (Å²) in [7, 11) is 0. The Balaban J connectivity index is 1.78. The molecule has 0 radical (unpaired) electrons. The van der Waals surface area contributed by atoms with E-state index in [4.69, 9.17) is 43.7 Å². The summed E-state index contributed by atoms with van der Waals surface area (Å²) >= 11 is 0. The van der Waals surface area contributed by atoms with Crippen LogP contribution in [0, 0.1) is 0 Å². The van der Waals surface area contributed by atoms with Gasteiger partial charge in [-0.2, -0.15) is 0 Å². The van der Waals surface area contributed by atoms with Crippen molar-refractivity contribution >= 4 is 50.2 Å². The van der Waals surface area contributed by atoms with Crippen molar-refractivity contribution in [3.63, 3.8) is 0 Å². The summed E-state index contributed by atoms with van der Waals surface area (Å²) in [5, 5.41) is 33.6. The van der Waals surface area contributed by atoms with Crippen molar-refractivity contribution in [2.24, 2.45) is 0 Å². The number of carbonyl (C=O) groups is 3. The zero-order chi connectivity index (χ0) is 68.6. The van der Waals surface area contributed by atoms with E-state index in [1.807, 2.05) is 0 Å². The molecule has 4 rings (SSSR count). The third kappa shape index (κ3) is 38.9. The number of aliphatic carboxylic acids is 3. The standard InChI is InChI=1S/C84H138O12/c1-4-7-10-13-16-22-31-40-49-58-91-76-64-70-71-65-77(92-59-50-41-32-23-17-14-11-8-5-2)80(95-62-53-44-35-26-20-29-38-47-56-83(87)88)68-74(71)75-69-81(96-63-54-45-36-27-21-30-39-48-57-84(89)90)78(93-60-51-42-33-24-18-15-12-9-6-3)66-72(75)73(70)67-79(76)94-61-52-43-34-25-19-28-37-46-55-82(85)86/h64-69H,4-63H2,1-3H3,(H,85,86)(H,87,88)(H,89,90). The van der Waals surface area contributed by atoms with Crippen LogP contribution >= 0.6 is 0 Å². The molecule has 96 heavy (non-hydrogen) atoms. The van der Waals surface area contributed by atoms with Gasteiger partial charge in [0, 0.05) is 19.3 Å². The van der Waals surface area contributed by atoms with Crippen molar-refractivity contribution in [1.29, 1.82) is 0 Å². The minimum Gasteiger partial charge on any atom is -0.490 e. The van der Waals surface area contributed by atoms with Gasteiger partial charge in [0.2, 0.25) is 0 Å². The average molecular weight is 1340 g/mol. The first-order valence-electron chi connectivity index (χ1n) is 40.1. The summed E-state index contributed by atoms with van der Waals surface area (Å²) in [4.78, 5) is 33.1. The van der Waals surface area contributed by atoms with Crippen LogP contribution in [0.4, 0.5) is 0 Å². The molecule has 4 aromatic rings. The van der Waals surface area contributed by atoms with Gasteiger partial charge in [0.15, 0.2) is 34.5 Å². The van der Waals surface area contributed by atoms with E-state index in [0.717, 1.165) is 259 Å². The van der Waals surface area contributed by atoms with E-state index in [2.05, 4.69) is 57.2 Å². The van der Waals surface area contributed by atoms with Gasteiger partial charge in [-0.05, 0) is 127 Å². The maximum absolute atomic E-state index is 11.0. The van der Waals surface area contributed by atoms with Crippen LogP contribution in [0.5, 0.6) is 34.5 Å². The molecule has 0 aliphatic rings. The van der Waals surface area contributed by atoms with E-state index in [1.165, 1.54) is 135 Å². The number of fused-ring (bicyclic) bond motifs is 6. The molecule has 12 nitrogen and oxygen atoms in total. The summed E-state index contributed by atoms with van der Waals surface area (Å²) in [6.45, 7) is 10.4. The molecule has 0 saturated carbocycles. The summed E-state index contributed by atoms with van der Waals surface area (Å²) in [5.74, 6) is 2.43. The fourth-order valence-electron chi connectivity index (χ4n) is 13.3. The first-order chi connectivity index (χ1) is 47.2. The summed E-state index contributed by atoms with van der Waals surface area (Å²) in [6.07, 6.45) is 58.7. The molecule has 12 heteroatoms. The molecular formula is C84H138O12. The Kier molecular flexibility index (Phi) is 49.2. The lowest BCUT2D eigenvalue weighted by molar-refractivity contribution is -0.138. The minimum absolute atomic E-state index is 0.254. The number of carboxylic acid groups (broad SMARTS) is 3. The van der Waals surface area contributed by atoms with Gasteiger partial charge in [0.05, 0.1) is 39.6 Å². The highest BCUT2D eigenvalue weighted by Gasteiger charge is 2.21. The molecule has 0 spiro atoms. The first kappa shape index (κ1) is 83.3. The molecule has 3 N–H and O–H groups in total. The van der Waals surface area contributed by atoms with Crippen LogP contribution in [0.3, 0.4) is 0 Å². The Morgan fingerprint density at radius 2 is 0.333 bits per heavy atom. The second kappa shape index (κ2) is 56.7. The van der Waals surface area contributed by atoms with Crippen LogP contribution in [-0.2, 0) is 14.4 Å². The molecule has 546 valence electrons.